The van der Waals surface area contributed by atoms with E-state index in [0.717, 1.165) is 42.9 Å². The number of nitrogens with two attached hydrogens (primary N) is 1. The van der Waals surface area contributed by atoms with Crippen LogP contribution >= 0.6 is 0 Å². The van der Waals surface area contributed by atoms with E-state index in [4.69, 9.17) is 10.5 Å². The average molecular weight is 392 g/mol. The average Bonchev–Trinajstić information content (AvgIpc) is 3.30. The van der Waals surface area contributed by atoms with Crippen molar-refractivity contribution in [1.29, 1.82) is 5.26 Å². The number of amides is 2. The van der Waals surface area contributed by atoms with Crippen molar-refractivity contribution in [2.75, 3.05) is 11.9 Å². The zero-order valence-corrected chi connectivity index (χ0v) is 16.6. The van der Waals surface area contributed by atoms with Crippen LogP contribution in [0.5, 0.6) is 0 Å². The number of nitriles is 1. The summed E-state index contributed by atoms with van der Waals surface area (Å²) < 4.78 is 7.89. The maximum absolute atomic E-state index is 12.5. The van der Waals surface area contributed by atoms with Crippen molar-refractivity contribution in [3.05, 3.63) is 58.4 Å². The maximum Gasteiger partial charge on any atom is 0.266 e. The van der Waals surface area contributed by atoms with E-state index in [1.165, 1.54) is 12.1 Å². The highest BCUT2D eigenvalue weighted by Gasteiger charge is 2.19. The van der Waals surface area contributed by atoms with Crippen LogP contribution in [0.1, 0.15) is 40.2 Å². The molecule has 1 saturated heterocycles. The summed E-state index contributed by atoms with van der Waals surface area (Å²) in [4.78, 5) is 23.7. The Bertz CT molecular complexity index is 990. The quantitative estimate of drug-likeness (QED) is 0.582. The molecular weight excluding hydrogens is 368 g/mol. The molecule has 150 valence electrons. The summed E-state index contributed by atoms with van der Waals surface area (Å²) in [6, 6.07) is 10.1. The normalized spacial score (nSPS) is 16.4. The minimum absolute atomic E-state index is 0.00124. The summed E-state index contributed by atoms with van der Waals surface area (Å²) in [5.74, 6) is -1.05. The Hall–Kier alpha value is -3.37. The predicted molar refractivity (Wildman–Crippen MR) is 110 cm³/mol. The molecule has 1 fully saturated rings. The number of nitrogens with zero attached hydrogens (tertiary/aromatic N) is 2. The van der Waals surface area contributed by atoms with Gasteiger partial charge in [-0.15, -0.1) is 0 Å². The number of primary amides is 1. The number of aromatic nitrogens is 1. The number of carbonyl (C=O) groups is 2. The molecule has 0 unspecified atom stereocenters. The maximum atomic E-state index is 12.5. The van der Waals surface area contributed by atoms with Crippen molar-refractivity contribution in [3.8, 4) is 6.07 Å². The molecule has 0 aliphatic carbocycles. The van der Waals surface area contributed by atoms with Gasteiger partial charge in [0.15, 0.2) is 0 Å². The van der Waals surface area contributed by atoms with Gasteiger partial charge in [0.05, 0.1) is 6.10 Å². The van der Waals surface area contributed by atoms with Gasteiger partial charge < -0.3 is 20.4 Å². The van der Waals surface area contributed by atoms with Gasteiger partial charge in [0.1, 0.15) is 11.6 Å². The number of hydrogen-bond acceptors (Lipinski definition) is 4. The Balaban J connectivity index is 1.77. The summed E-state index contributed by atoms with van der Waals surface area (Å²) in [5, 5.41) is 12.2. The van der Waals surface area contributed by atoms with Crippen molar-refractivity contribution in [3.63, 3.8) is 0 Å². The molecule has 29 heavy (non-hydrogen) atoms. The Labute approximate surface area is 169 Å². The van der Waals surface area contributed by atoms with Gasteiger partial charge in [-0.25, -0.2) is 0 Å². The minimum atomic E-state index is -0.543. The lowest BCUT2D eigenvalue weighted by Gasteiger charge is -2.14. The first-order valence-electron chi connectivity index (χ1n) is 9.50. The molecule has 2 aromatic rings. The number of ether oxygens (including phenoxy) is 1. The van der Waals surface area contributed by atoms with Crippen LogP contribution in [0.15, 0.2) is 35.9 Å². The van der Waals surface area contributed by atoms with Gasteiger partial charge in [0.2, 0.25) is 5.91 Å². The highest BCUT2D eigenvalue weighted by molar-refractivity contribution is 6.09. The number of carbonyl (C=O) groups excluding carboxylic acids is 2. The standard InChI is InChI=1S/C22H24N4O3/c1-14-10-17(15(2)26(14)13-20-4-3-9-29-20)11-18(12-23)22(28)25-19-7-5-16(6-8-19)21(24)27/h5-8,10-11,20H,3-4,9,13H2,1-2H3,(H2,24,27)(H,25,28)/b18-11+/t20-/m0/s1. The Morgan fingerprint density at radius 3 is 2.66 bits per heavy atom. The molecule has 1 atom stereocenters. The van der Waals surface area contributed by atoms with E-state index in [-0.39, 0.29) is 11.7 Å². The molecule has 3 N–H and O–H groups in total. The SMILES string of the molecule is Cc1cc(/C=C(\C#N)C(=O)Nc2ccc(C(N)=O)cc2)c(C)n1C[C@@H]1CCCO1. The van der Waals surface area contributed by atoms with Gasteiger partial charge in [-0.3, -0.25) is 9.59 Å². The van der Waals surface area contributed by atoms with E-state index in [9.17, 15) is 14.9 Å². The molecule has 1 aliphatic rings. The van der Waals surface area contributed by atoms with Gasteiger partial charge in [-0.1, -0.05) is 0 Å². The number of aryl methyl sites for hydroxylation is 1. The summed E-state index contributed by atoms with van der Waals surface area (Å²) in [6.45, 7) is 5.55. The third-order valence-corrected chi connectivity index (χ3v) is 5.12. The summed E-state index contributed by atoms with van der Waals surface area (Å²) >= 11 is 0. The fourth-order valence-electron chi connectivity index (χ4n) is 3.47. The second-order valence-electron chi connectivity index (χ2n) is 7.14. The highest BCUT2D eigenvalue weighted by atomic mass is 16.5. The molecule has 1 aromatic heterocycles. The second-order valence-corrected chi connectivity index (χ2v) is 7.14. The molecule has 2 amide bonds. The van der Waals surface area contributed by atoms with Gasteiger partial charge in [0, 0.05) is 35.8 Å². The number of rotatable bonds is 6. The van der Waals surface area contributed by atoms with Crippen LogP contribution in [0.3, 0.4) is 0 Å². The molecule has 0 bridgehead atoms. The molecular formula is C22H24N4O3. The molecule has 1 aliphatic heterocycles. The van der Waals surface area contributed by atoms with Gasteiger partial charge in [-0.05, 0) is 68.7 Å². The van der Waals surface area contributed by atoms with Crippen molar-refractivity contribution in [1.82, 2.24) is 4.57 Å². The molecule has 0 saturated carbocycles. The van der Waals surface area contributed by atoms with Crippen molar-refractivity contribution < 1.29 is 14.3 Å². The first-order chi connectivity index (χ1) is 13.9. The molecule has 0 radical (unpaired) electrons. The van der Waals surface area contributed by atoms with Gasteiger partial charge in [-0.2, -0.15) is 5.26 Å². The van der Waals surface area contributed by atoms with Crippen LogP contribution in [-0.4, -0.2) is 29.1 Å². The molecule has 7 nitrogen and oxygen atoms in total. The lowest BCUT2D eigenvalue weighted by Crippen LogP contribution is -2.17. The van der Waals surface area contributed by atoms with Crippen LogP contribution in [0, 0.1) is 25.2 Å². The zero-order valence-electron chi connectivity index (χ0n) is 16.6. The third kappa shape index (κ3) is 4.73. The largest absolute Gasteiger partial charge is 0.376 e. The van der Waals surface area contributed by atoms with E-state index in [1.54, 1.807) is 18.2 Å². The molecule has 2 heterocycles. The molecule has 7 heteroatoms. The zero-order chi connectivity index (χ0) is 21.0. The minimum Gasteiger partial charge on any atom is -0.376 e. The number of hydrogen-bond donors (Lipinski definition) is 2. The van der Waals surface area contributed by atoms with E-state index < -0.39 is 11.8 Å². The van der Waals surface area contributed by atoms with Crippen LogP contribution in [0.4, 0.5) is 5.69 Å². The lowest BCUT2D eigenvalue weighted by atomic mass is 10.1. The number of anilines is 1. The first kappa shape index (κ1) is 20.4. The van der Waals surface area contributed by atoms with E-state index >= 15 is 0 Å². The van der Waals surface area contributed by atoms with E-state index in [1.807, 2.05) is 26.0 Å². The monoisotopic (exact) mass is 392 g/mol. The van der Waals surface area contributed by atoms with Gasteiger partial charge in [0.25, 0.3) is 5.91 Å². The van der Waals surface area contributed by atoms with Crippen LogP contribution in [0.2, 0.25) is 0 Å². The number of nitrogens with one attached hydrogen (secondary N) is 1. The van der Waals surface area contributed by atoms with E-state index in [2.05, 4.69) is 9.88 Å². The van der Waals surface area contributed by atoms with Crippen LogP contribution in [0.25, 0.3) is 6.08 Å². The Kier molecular flexibility index (Phi) is 6.15. The second kappa shape index (κ2) is 8.76. The number of benzene rings is 1. The van der Waals surface area contributed by atoms with Crippen molar-refractivity contribution in [2.45, 2.75) is 39.3 Å². The molecule has 3 rings (SSSR count). The fraction of sp³-hybridized carbons (Fsp3) is 0.318. The lowest BCUT2D eigenvalue weighted by molar-refractivity contribution is -0.112. The smallest absolute Gasteiger partial charge is 0.266 e. The fourth-order valence-corrected chi connectivity index (χ4v) is 3.47. The van der Waals surface area contributed by atoms with Gasteiger partial charge >= 0.3 is 0 Å². The topological polar surface area (TPSA) is 110 Å². The Morgan fingerprint density at radius 1 is 1.34 bits per heavy atom. The van der Waals surface area contributed by atoms with E-state index in [0.29, 0.717) is 11.3 Å². The summed E-state index contributed by atoms with van der Waals surface area (Å²) in [5.41, 5.74) is 8.91. The highest BCUT2D eigenvalue weighted by Crippen LogP contribution is 2.22. The van der Waals surface area contributed by atoms with Crippen molar-refractivity contribution in [2.24, 2.45) is 5.73 Å². The predicted octanol–water partition coefficient (Wildman–Crippen LogP) is 2.93. The third-order valence-electron chi connectivity index (χ3n) is 5.12. The van der Waals surface area contributed by atoms with Crippen LogP contribution in [-0.2, 0) is 16.1 Å². The molecule has 0 spiro atoms. The molecule has 1 aromatic carbocycles. The first-order valence-corrected chi connectivity index (χ1v) is 9.50. The summed E-state index contributed by atoms with van der Waals surface area (Å²) in [6.07, 6.45) is 3.93. The Morgan fingerprint density at radius 2 is 2.07 bits per heavy atom. The van der Waals surface area contributed by atoms with Crippen LogP contribution < -0.4 is 11.1 Å². The summed E-state index contributed by atoms with van der Waals surface area (Å²) in [7, 11) is 0. The van der Waals surface area contributed by atoms with Crippen molar-refractivity contribution >= 4 is 23.6 Å².